The number of halogens is 1. The van der Waals surface area contributed by atoms with Crippen LogP contribution in [0.5, 0.6) is 0 Å². The molecule has 1 aliphatic carbocycles. The van der Waals surface area contributed by atoms with Crippen LogP contribution in [0.3, 0.4) is 0 Å². The van der Waals surface area contributed by atoms with Crippen LogP contribution in [0.1, 0.15) is 44.2 Å². The van der Waals surface area contributed by atoms with Crippen molar-refractivity contribution < 1.29 is 0 Å². The van der Waals surface area contributed by atoms with E-state index in [0.29, 0.717) is 6.04 Å². The normalized spacial score (nSPS) is 28.3. The number of benzene rings is 1. The minimum atomic E-state index is 0.699. The van der Waals surface area contributed by atoms with Crippen LogP contribution >= 0.6 is 15.9 Å². The lowest BCUT2D eigenvalue weighted by Gasteiger charge is -2.32. The molecule has 0 heterocycles. The first-order chi connectivity index (χ1) is 8.56. The lowest BCUT2D eigenvalue weighted by atomic mass is 9.79. The molecule has 3 unspecified atom stereocenters. The fraction of sp³-hybridized carbons (Fsp3) is 0.625. The van der Waals surface area contributed by atoms with Gasteiger partial charge in [-0.25, -0.2) is 0 Å². The summed E-state index contributed by atoms with van der Waals surface area (Å²) in [6, 6.07) is 7.31. The summed E-state index contributed by atoms with van der Waals surface area (Å²) in [5.74, 6) is 1.76. The maximum absolute atomic E-state index is 3.72. The van der Waals surface area contributed by atoms with Gasteiger partial charge in [0.05, 0.1) is 0 Å². The summed E-state index contributed by atoms with van der Waals surface area (Å²) < 4.78 is 1.23. The van der Waals surface area contributed by atoms with Crippen LogP contribution in [0.25, 0.3) is 0 Å². The molecule has 1 nitrogen and oxygen atoms in total. The first-order valence-electron chi connectivity index (χ1n) is 7.04. The maximum Gasteiger partial charge on any atom is 0.0222 e. The molecular formula is C16H24BrN. The van der Waals surface area contributed by atoms with E-state index in [2.05, 4.69) is 60.2 Å². The van der Waals surface area contributed by atoms with Crippen LogP contribution in [-0.2, 0) is 6.54 Å². The molecule has 1 N–H and O–H groups in total. The van der Waals surface area contributed by atoms with Crippen molar-refractivity contribution in [3.8, 4) is 0 Å². The molecule has 0 saturated heterocycles. The molecule has 1 saturated carbocycles. The predicted molar refractivity (Wildman–Crippen MR) is 81.7 cm³/mol. The number of aryl methyl sites for hydroxylation is 1. The fourth-order valence-corrected chi connectivity index (χ4v) is 3.42. The Morgan fingerprint density at radius 2 is 2.00 bits per heavy atom. The van der Waals surface area contributed by atoms with Crippen molar-refractivity contribution in [2.45, 2.75) is 52.6 Å². The Kier molecular flexibility index (Phi) is 4.85. The Bertz CT molecular complexity index is 402. The summed E-state index contributed by atoms with van der Waals surface area (Å²) >= 11 is 3.65. The van der Waals surface area contributed by atoms with E-state index in [9.17, 15) is 0 Å². The van der Waals surface area contributed by atoms with Crippen molar-refractivity contribution in [3.05, 3.63) is 33.8 Å². The molecule has 1 aliphatic rings. The Labute approximate surface area is 119 Å². The molecule has 0 aromatic heterocycles. The molecule has 1 aromatic rings. The van der Waals surface area contributed by atoms with Gasteiger partial charge in [-0.05, 0) is 55.2 Å². The topological polar surface area (TPSA) is 12.0 Å². The Morgan fingerprint density at radius 3 is 2.67 bits per heavy atom. The van der Waals surface area contributed by atoms with Gasteiger partial charge in [0.15, 0.2) is 0 Å². The monoisotopic (exact) mass is 309 g/mol. The molecule has 0 aliphatic heterocycles. The van der Waals surface area contributed by atoms with Gasteiger partial charge < -0.3 is 5.32 Å². The third-order valence-electron chi connectivity index (χ3n) is 4.39. The van der Waals surface area contributed by atoms with Gasteiger partial charge in [-0.1, -0.05) is 41.9 Å². The summed E-state index contributed by atoms with van der Waals surface area (Å²) in [4.78, 5) is 0. The molecule has 0 radical (unpaired) electrons. The van der Waals surface area contributed by atoms with E-state index in [4.69, 9.17) is 0 Å². The van der Waals surface area contributed by atoms with E-state index in [-0.39, 0.29) is 0 Å². The molecular weight excluding hydrogens is 286 g/mol. The lowest BCUT2D eigenvalue weighted by Crippen LogP contribution is -2.35. The van der Waals surface area contributed by atoms with E-state index in [1.807, 2.05) is 0 Å². The van der Waals surface area contributed by atoms with Gasteiger partial charge in [-0.15, -0.1) is 0 Å². The number of hydrogen-bond donors (Lipinski definition) is 1. The van der Waals surface area contributed by atoms with Crippen LogP contribution in [0.4, 0.5) is 0 Å². The molecule has 100 valence electrons. The summed E-state index contributed by atoms with van der Waals surface area (Å²) in [6.07, 6.45) is 4.02. The quantitative estimate of drug-likeness (QED) is 0.855. The summed E-state index contributed by atoms with van der Waals surface area (Å²) in [5, 5.41) is 3.72. The highest BCUT2D eigenvalue weighted by molar-refractivity contribution is 9.10. The van der Waals surface area contributed by atoms with Crippen molar-refractivity contribution in [2.75, 3.05) is 0 Å². The predicted octanol–water partition coefficient (Wildman–Crippen LogP) is 4.67. The van der Waals surface area contributed by atoms with Crippen LogP contribution in [0.2, 0.25) is 0 Å². The first-order valence-corrected chi connectivity index (χ1v) is 7.84. The second kappa shape index (κ2) is 6.21. The fourth-order valence-electron chi connectivity index (χ4n) is 2.78. The zero-order valence-electron chi connectivity index (χ0n) is 11.7. The van der Waals surface area contributed by atoms with Crippen molar-refractivity contribution in [2.24, 2.45) is 11.8 Å². The van der Waals surface area contributed by atoms with Gasteiger partial charge in [-0.2, -0.15) is 0 Å². The standard InChI is InChI=1S/C16H24BrN/c1-11-4-6-14(16(17)8-11)10-18-15-7-5-12(2)13(3)9-15/h4,6,8,12-13,15,18H,5,7,9-10H2,1-3H3. The molecule has 0 spiro atoms. The SMILES string of the molecule is Cc1ccc(CNC2CCC(C)C(C)C2)c(Br)c1. The number of nitrogens with one attached hydrogen (secondary N) is 1. The van der Waals surface area contributed by atoms with E-state index in [1.165, 1.54) is 34.9 Å². The van der Waals surface area contributed by atoms with Gasteiger partial charge in [0, 0.05) is 17.1 Å². The third-order valence-corrected chi connectivity index (χ3v) is 5.13. The van der Waals surface area contributed by atoms with E-state index >= 15 is 0 Å². The zero-order valence-corrected chi connectivity index (χ0v) is 13.3. The van der Waals surface area contributed by atoms with Crippen molar-refractivity contribution in [3.63, 3.8) is 0 Å². The molecule has 1 fully saturated rings. The maximum atomic E-state index is 3.72. The lowest BCUT2D eigenvalue weighted by molar-refractivity contribution is 0.225. The van der Waals surface area contributed by atoms with Crippen LogP contribution in [0.15, 0.2) is 22.7 Å². The largest absolute Gasteiger partial charge is 0.310 e. The Balaban J connectivity index is 1.88. The minimum absolute atomic E-state index is 0.699. The van der Waals surface area contributed by atoms with Gasteiger partial charge in [0.2, 0.25) is 0 Å². The third kappa shape index (κ3) is 3.58. The zero-order chi connectivity index (χ0) is 13.1. The van der Waals surface area contributed by atoms with Crippen molar-refractivity contribution in [1.82, 2.24) is 5.32 Å². The van der Waals surface area contributed by atoms with E-state index in [1.54, 1.807) is 0 Å². The van der Waals surface area contributed by atoms with Crippen molar-refractivity contribution in [1.29, 1.82) is 0 Å². The van der Waals surface area contributed by atoms with Crippen molar-refractivity contribution >= 4 is 15.9 Å². The molecule has 0 bridgehead atoms. The average molecular weight is 310 g/mol. The second-order valence-electron chi connectivity index (χ2n) is 5.94. The molecule has 2 heteroatoms. The van der Waals surface area contributed by atoms with E-state index in [0.717, 1.165) is 18.4 Å². The van der Waals surface area contributed by atoms with Gasteiger partial charge in [0.25, 0.3) is 0 Å². The summed E-state index contributed by atoms with van der Waals surface area (Å²) in [6.45, 7) is 7.89. The summed E-state index contributed by atoms with van der Waals surface area (Å²) in [7, 11) is 0. The molecule has 2 rings (SSSR count). The number of rotatable bonds is 3. The Hall–Kier alpha value is -0.340. The molecule has 1 aromatic carbocycles. The van der Waals surface area contributed by atoms with E-state index < -0.39 is 0 Å². The molecule has 18 heavy (non-hydrogen) atoms. The van der Waals surface area contributed by atoms with Gasteiger partial charge >= 0.3 is 0 Å². The first kappa shape index (κ1) is 14.1. The van der Waals surface area contributed by atoms with Crippen LogP contribution in [0, 0.1) is 18.8 Å². The minimum Gasteiger partial charge on any atom is -0.310 e. The number of hydrogen-bond acceptors (Lipinski definition) is 1. The van der Waals surface area contributed by atoms with Gasteiger partial charge in [-0.3, -0.25) is 0 Å². The smallest absolute Gasteiger partial charge is 0.0222 e. The Morgan fingerprint density at radius 1 is 1.22 bits per heavy atom. The second-order valence-corrected chi connectivity index (χ2v) is 6.79. The van der Waals surface area contributed by atoms with Crippen LogP contribution in [-0.4, -0.2) is 6.04 Å². The molecule has 0 amide bonds. The average Bonchev–Trinajstić information content (AvgIpc) is 2.32. The highest BCUT2D eigenvalue weighted by Crippen LogP contribution is 2.29. The molecule has 3 atom stereocenters. The summed E-state index contributed by atoms with van der Waals surface area (Å²) in [5.41, 5.74) is 2.68. The highest BCUT2D eigenvalue weighted by Gasteiger charge is 2.23. The highest BCUT2D eigenvalue weighted by atomic mass is 79.9. The van der Waals surface area contributed by atoms with Crippen LogP contribution < -0.4 is 5.32 Å². The van der Waals surface area contributed by atoms with Gasteiger partial charge in [0.1, 0.15) is 0 Å².